The van der Waals surface area contributed by atoms with Gasteiger partial charge in [-0.05, 0) is 61.1 Å². The number of piperidine rings is 3. The first kappa shape index (κ1) is 17.9. The zero-order valence-electron chi connectivity index (χ0n) is 14.6. The highest BCUT2D eigenvalue weighted by Gasteiger charge is 2.42. The van der Waals surface area contributed by atoms with E-state index in [9.17, 15) is 5.11 Å². The lowest BCUT2D eigenvalue weighted by atomic mass is 9.73. The largest absolute Gasteiger partial charge is 0.497 e. The molecule has 1 aromatic carbocycles. The Hall–Kier alpha value is -1.95. The van der Waals surface area contributed by atoms with Crippen LogP contribution in [0.2, 0.25) is 0 Å². The average molecular weight is 342 g/mol. The normalized spacial score (nSPS) is 29.0. The summed E-state index contributed by atoms with van der Waals surface area (Å²) in [5, 5.41) is 12.1. The van der Waals surface area contributed by atoms with Gasteiger partial charge < -0.3 is 15.3 Å². The van der Waals surface area contributed by atoms with Gasteiger partial charge in [-0.2, -0.15) is 0 Å². The molecule has 5 heteroatoms. The number of pyridine rings is 1. The third kappa shape index (κ3) is 3.03. The highest BCUT2D eigenvalue weighted by Crippen LogP contribution is 2.42. The van der Waals surface area contributed by atoms with Crippen LogP contribution in [-0.4, -0.2) is 46.7 Å². The van der Waals surface area contributed by atoms with Gasteiger partial charge in [0.2, 0.25) is 0 Å². The van der Waals surface area contributed by atoms with Gasteiger partial charge >= 0.3 is 0 Å². The van der Waals surface area contributed by atoms with Crippen molar-refractivity contribution in [1.29, 1.82) is 0 Å². The smallest absolute Gasteiger partial charge is 0.119 e. The molecule has 0 radical (unpaired) electrons. The van der Waals surface area contributed by atoms with E-state index in [4.69, 9.17) is 4.74 Å². The van der Waals surface area contributed by atoms with Gasteiger partial charge in [-0.25, -0.2) is 0 Å². The average Bonchev–Trinajstić information content (AvgIpc) is 2.66. The lowest BCUT2D eigenvalue weighted by Gasteiger charge is -2.50. The van der Waals surface area contributed by atoms with Crippen molar-refractivity contribution in [3.05, 3.63) is 48.7 Å². The van der Waals surface area contributed by atoms with E-state index < -0.39 is 6.10 Å². The van der Waals surface area contributed by atoms with E-state index in [0.717, 1.165) is 41.7 Å². The molecular weight excluding hydrogens is 316 g/mol. The van der Waals surface area contributed by atoms with Crippen LogP contribution < -0.4 is 4.74 Å². The van der Waals surface area contributed by atoms with Gasteiger partial charge in [0.25, 0.3) is 0 Å². The molecule has 5 rings (SSSR count). The molecule has 0 aliphatic carbocycles. The molecule has 4 heterocycles. The summed E-state index contributed by atoms with van der Waals surface area (Å²) in [4.78, 5) is 6.86. The molecule has 25 heavy (non-hydrogen) atoms. The number of aliphatic hydroxyl groups is 1. The Morgan fingerprint density at radius 3 is 2.92 bits per heavy atom. The number of aromatic nitrogens is 1. The van der Waals surface area contributed by atoms with Gasteiger partial charge in [-0.15, -0.1) is 6.58 Å². The quantitative estimate of drug-likeness (QED) is 0.865. The highest BCUT2D eigenvalue weighted by atomic mass is 16.5. The molecule has 134 valence electrons. The number of hydrogen-bond donors (Lipinski definition) is 1. The molecule has 0 unspecified atom stereocenters. The van der Waals surface area contributed by atoms with Crippen LogP contribution in [0.5, 0.6) is 5.75 Å². The predicted octanol–water partition coefficient (Wildman–Crippen LogP) is 2.35. The van der Waals surface area contributed by atoms with Gasteiger partial charge in [0, 0.05) is 24.2 Å². The fourth-order valence-corrected chi connectivity index (χ4v) is 4.44. The number of benzene rings is 1. The van der Waals surface area contributed by atoms with Crippen molar-refractivity contribution in [3.63, 3.8) is 0 Å². The first-order valence-electron chi connectivity index (χ1n) is 8.68. The SMILES string of the molecule is C=C[C@H]1C[N@]2CC[C@H]1C[C@@H]2[C@@H](O)c1ccnc2ccc(OC)cc12.O. The third-order valence-electron chi connectivity index (χ3n) is 5.82. The minimum absolute atomic E-state index is 0. The molecule has 3 saturated heterocycles. The van der Waals surface area contributed by atoms with Crippen molar-refractivity contribution >= 4 is 10.9 Å². The van der Waals surface area contributed by atoms with Crippen molar-refractivity contribution in [2.24, 2.45) is 11.8 Å². The number of aliphatic hydroxyl groups excluding tert-OH is 1. The number of ether oxygens (including phenoxy) is 1. The Balaban J connectivity index is 0.00000182. The summed E-state index contributed by atoms with van der Waals surface area (Å²) < 4.78 is 5.35. The summed E-state index contributed by atoms with van der Waals surface area (Å²) in [7, 11) is 1.66. The van der Waals surface area contributed by atoms with Gasteiger partial charge in [0.05, 0.1) is 18.7 Å². The predicted molar refractivity (Wildman–Crippen MR) is 98.6 cm³/mol. The lowest BCUT2D eigenvalue weighted by Crippen LogP contribution is -2.54. The fourth-order valence-electron chi connectivity index (χ4n) is 4.44. The number of nitrogens with zero attached hydrogens (tertiary/aromatic N) is 2. The number of hydrogen-bond acceptors (Lipinski definition) is 4. The van der Waals surface area contributed by atoms with Crippen LogP contribution >= 0.6 is 0 Å². The van der Waals surface area contributed by atoms with Gasteiger partial charge in [0.1, 0.15) is 5.75 Å². The van der Waals surface area contributed by atoms with Gasteiger partial charge in [0.15, 0.2) is 0 Å². The van der Waals surface area contributed by atoms with E-state index in [0.29, 0.717) is 11.8 Å². The number of methoxy groups -OCH3 is 1. The van der Waals surface area contributed by atoms with Gasteiger partial charge in [-0.3, -0.25) is 9.88 Å². The summed E-state index contributed by atoms with van der Waals surface area (Å²) in [5.74, 6) is 2.01. The van der Waals surface area contributed by atoms with Crippen molar-refractivity contribution < 1.29 is 15.3 Å². The molecule has 3 N–H and O–H groups in total. The summed E-state index contributed by atoms with van der Waals surface area (Å²) >= 11 is 0. The molecule has 3 fully saturated rings. The molecular formula is C20H26N2O3. The second-order valence-corrected chi connectivity index (χ2v) is 6.97. The molecule has 5 nitrogen and oxygen atoms in total. The Bertz CT molecular complexity index is 764. The zero-order chi connectivity index (χ0) is 16.7. The molecule has 2 aromatic rings. The Morgan fingerprint density at radius 2 is 2.24 bits per heavy atom. The van der Waals surface area contributed by atoms with Crippen LogP contribution in [0.15, 0.2) is 43.1 Å². The summed E-state index contributed by atoms with van der Waals surface area (Å²) in [6.45, 7) is 6.07. The lowest BCUT2D eigenvalue weighted by molar-refractivity contribution is -0.0444. The molecule has 3 aliphatic heterocycles. The van der Waals surface area contributed by atoms with Crippen molar-refractivity contribution in [1.82, 2.24) is 9.88 Å². The highest BCUT2D eigenvalue weighted by molar-refractivity contribution is 5.83. The fraction of sp³-hybridized carbons (Fsp3) is 0.450. The monoisotopic (exact) mass is 342 g/mol. The minimum Gasteiger partial charge on any atom is -0.497 e. The first-order chi connectivity index (χ1) is 11.7. The number of rotatable bonds is 4. The maximum Gasteiger partial charge on any atom is 0.119 e. The van der Waals surface area contributed by atoms with Crippen LogP contribution in [0.4, 0.5) is 0 Å². The van der Waals surface area contributed by atoms with Crippen molar-refractivity contribution in [3.8, 4) is 5.75 Å². The van der Waals surface area contributed by atoms with Crippen molar-refractivity contribution in [2.75, 3.05) is 20.2 Å². The number of fused-ring (bicyclic) bond motifs is 4. The third-order valence-corrected chi connectivity index (χ3v) is 5.82. The minimum atomic E-state index is -0.504. The maximum absolute atomic E-state index is 11.2. The van der Waals surface area contributed by atoms with Crippen LogP contribution in [0.1, 0.15) is 24.5 Å². The van der Waals surface area contributed by atoms with E-state index in [2.05, 4.69) is 22.5 Å². The van der Waals surface area contributed by atoms with Crippen LogP contribution in [0, 0.1) is 11.8 Å². The van der Waals surface area contributed by atoms with E-state index >= 15 is 0 Å². The van der Waals surface area contributed by atoms with E-state index in [1.807, 2.05) is 24.3 Å². The van der Waals surface area contributed by atoms with Gasteiger partial charge in [-0.1, -0.05) is 6.08 Å². The molecule has 5 atom stereocenters. The Kier molecular flexibility index (Phi) is 5.08. The van der Waals surface area contributed by atoms with E-state index in [-0.39, 0.29) is 11.5 Å². The van der Waals surface area contributed by atoms with E-state index in [1.165, 1.54) is 6.42 Å². The molecule has 1 aromatic heterocycles. The van der Waals surface area contributed by atoms with Crippen molar-refractivity contribution in [2.45, 2.75) is 25.0 Å². The van der Waals surface area contributed by atoms with Crippen LogP contribution in [-0.2, 0) is 0 Å². The first-order valence-corrected chi connectivity index (χ1v) is 8.68. The molecule has 0 amide bonds. The topological polar surface area (TPSA) is 77.1 Å². The summed E-state index contributed by atoms with van der Waals surface area (Å²) in [6, 6.07) is 7.96. The molecule has 2 bridgehead atoms. The summed E-state index contributed by atoms with van der Waals surface area (Å²) in [6.07, 6.45) is 5.62. The molecule has 3 aliphatic rings. The second kappa shape index (κ2) is 7.12. The van der Waals surface area contributed by atoms with E-state index in [1.54, 1.807) is 13.3 Å². The standard InChI is InChI=1S/C20H24N2O2.H2O/c1-3-13-12-22-9-7-14(13)10-19(22)20(23)16-6-8-21-18-5-4-15(24-2)11-17(16)18;/h3-6,8,11,13-14,19-20,23H,1,7,9-10,12H2,2H3;1H2/t13-,14-,19+,20-;/m0./s1. The van der Waals surface area contributed by atoms with Crippen LogP contribution in [0.3, 0.4) is 0 Å². The van der Waals surface area contributed by atoms with Crippen LogP contribution in [0.25, 0.3) is 10.9 Å². The Labute approximate surface area is 148 Å². The zero-order valence-corrected chi connectivity index (χ0v) is 14.6. The Morgan fingerprint density at radius 1 is 1.40 bits per heavy atom. The molecule has 0 spiro atoms. The summed E-state index contributed by atoms with van der Waals surface area (Å²) in [5.41, 5.74) is 1.85. The second-order valence-electron chi connectivity index (χ2n) is 6.97. The maximum atomic E-state index is 11.2. The molecule has 0 saturated carbocycles.